The lowest BCUT2D eigenvalue weighted by molar-refractivity contribution is 0.102. The SMILES string of the molecule is CC(C)Oc1ccccc1NC(=O)c1ccnc(NCCCN(C)C)n1. The third kappa shape index (κ3) is 6.33. The summed E-state index contributed by atoms with van der Waals surface area (Å²) in [7, 11) is 4.06. The minimum atomic E-state index is -0.302. The number of hydrogen-bond acceptors (Lipinski definition) is 6. The van der Waals surface area contributed by atoms with Crippen LogP contribution in [0.15, 0.2) is 36.5 Å². The summed E-state index contributed by atoms with van der Waals surface area (Å²) in [6.45, 7) is 5.60. The number of hydrogen-bond donors (Lipinski definition) is 2. The number of ether oxygens (including phenoxy) is 1. The van der Waals surface area contributed by atoms with Gasteiger partial charge in [0.1, 0.15) is 11.4 Å². The molecular formula is C19H27N5O2. The summed E-state index contributed by atoms with van der Waals surface area (Å²) < 4.78 is 5.73. The van der Waals surface area contributed by atoms with Gasteiger partial charge < -0.3 is 20.3 Å². The summed E-state index contributed by atoms with van der Waals surface area (Å²) in [5, 5.41) is 6.00. The van der Waals surface area contributed by atoms with Gasteiger partial charge in [0.05, 0.1) is 11.8 Å². The Morgan fingerprint density at radius 3 is 2.73 bits per heavy atom. The maximum atomic E-state index is 12.5. The average Bonchev–Trinajstić information content (AvgIpc) is 2.60. The second-order valence-corrected chi connectivity index (χ2v) is 6.47. The van der Waals surface area contributed by atoms with Crippen LogP contribution in [0.1, 0.15) is 30.8 Å². The van der Waals surface area contributed by atoms with Crippen molar-refractivity contribution >= 4 is 17.5 Å². The summed E-state index contributed by atoms with van der Waals surface area (Å²) in [6.07, 6.45) is 2.56. The van der Waals surface area contributed by atoms with E-state index in [0.717, 1.165) is 19.5 Å². The average molecular weight is 357 g/mol. The first kappa shape index (κ1) is 19.7. The summed E-state index contributed by atoms with van der Waals surface area (Å²) in [4.78, 5) is 23.1. The molecule has 0 radical (unpaired) electrons. The Morgan fingerprint density at radius 2 is 2.00 bits per heavy atom. The summed E-state index contributed by atoms with van der Waals surface area (Å²) in [5.41, 5.74) is 0.916. The molecule has 7 heteroatoms. The molecule has 2 N–H and O–H groups in total. The van der Waals surface area contributed by atoms with Crippen molar-refractivity contribution in [3.05, 3.63) is 42.2 Å². The van der Waals surface area contributed by atoms with Gasteiger partial charge in [-0.25, -0.2) is 9.97 Å². The van der Waals surface area contributed by atoms with Crippen LogP contribution in [-0.2, 0) is 0 Å². The van der Waals surface area contributed by atoms with Crippen molar-refractivity contribution in [1.29, 1.82) is 0 Å². The lowest BCUT2D eigenvalue weighted by Crippen LogP contribution is -2.18. The van der Waals surface area contributed by atoms with Gasteiger partial charge in [-0.05, 0) is 59.1 Å². The fourth-order valence-corrected chi connectivity index (χ4v) is 2.28. The molecule has 26 heavy (non-hydrogen) atoms. The fraction of sp³-hybridized carbons (Fsp3) is 0.421. The number of benzene rings is 1. The van der Waals surface area contributed by atoms with Crippen molar-refractivity contribution in [2.75, 3.05) is 37.8 Å². The highest BCUT2D eigenvalue weighted by atomic mass is 16.5. The van der Waals surface area contributed by atoms with Crippen LogP contribution in [0.2, 0.25) is 0 Å². The Balaban J connectivity index is 2.01. The van der Waals surface area contributed by atoms with E-state index < -0.39 is 0 Å². The van der Waals surface area contributed by atoms with Gasteiger partial charge in [0.25, 0.3) is 5.91 Å². The number of anilines is 2. The van der Waals surface area contributed by atoms with Gasteiger partial charge in [0.15, 0.2) is 0 Å². The van der Waals surface area contributed by atoms with Crippen molar-refractivity contribution < 1.29 is 9.53 Å². The molecule has 2 rings (SSSR count). The van der Waals surface area contributed by atoms with Gasteiger partial charge in [-0.2, -0.15) is 0 Å². The first-order valence-corrected chi connectivity index (χ1v) is 8.74. The monoisotopic (exact) mass is 357 g/mol. The third-order valence-electron chi connectivity index (χ3n) is 3.45. The van der Waals surface area contributed by atoms with Crippen LogP contribution in [0.25, 0.3) is 0 Å². The predicted octanol–water partition coefficient (Wildman–Crippen LogP) is 2.88. The van der Waals surface area contributed by atoms with Crippen LogP contribution >= 0.6 is 0 Å². The molecule has 0 aliphatic rings. The van der Waals surface area contributed by atoms with E-state index in [1.54, 1.807) is 18.3 Å². The minimum absolute atomic E-state index is 0.0186. The number of carbonyl (C=O) groups is 1. The van der Waals surface area contributed by atoms with Gasteiger partial charge in [0, 0.05) is 12.7 Å². The number of carbonyl (C=O) groups excluding carboxylic acids is 1. The van der Waals surface area contributed by atoms with Crippen molar-refractivity contribution in [2.24, 2.45) is 0 Å². The molecule has 0 aliphatic carbocycles. The standard InChI is InChI=1S/C19H27N5O2/c1-14(2)26-17-9-6-5-8-15(17)22-18(25)16-10-12-21-19(23-16)20-11-7-13-24(3)4/h5-6,8-10,12,14H,7,11,13H2,1-4H3,(H,22,25)(H,20,21,23). The molecule has 0 spiro atoms. The van der Waals surface area contributed by atoms with Crippen LogP contribution in [-0.4, -0.2) is 54.1 Å². The molecule has 140 valence electrons. The van der Waals surface area contributed by atoms with Crippen LogP contribution in [0.3, 0.4) is 0 Å². The number of amides is 1. The van der Waals surface area contributed by atoms with Crippen molar-refractivity contribution in [3.63, 3.8) is 0 Å². The number of nitrogens with zero attached hydrogens (tertiary/aromatic N) is 3. The molecule has 7 nitrogen and oxygen atoms in total. The first-order valence-electron chi connectivity index (χ1n) is 8.74. The first-order chi connectivity index (χ1) is 12.5. The fourth-order valence-electron chi connectivity index (χ4n) is 2.28. The van der Waals surface area contributed by atoms with Crippen LogP contribution in [0.4, 0.5) is 11.6 Å². The largest absolute Gasteiger partial charge is 0.489 e. The smallest absolute Gasteiger partial charge is 0.274 e. The normalized spacial score (nSPS) is 10.8. The molecular weight excluding hydrogens is 330 g/mol. The Labute approximate surface area is 154 Å². The number of rotatable bonds is 9. The summed E-state index contributed by atoms with van der Waals surface area (Å²) >= 11 is 0. The molecule has 0 atom stereocenters. The third-order valence-corrected chi connectivity index (χ3v) is 3.45. The zero-order valence-corrected chi connectivity index (χ0v) is 15.8. The van der Waals surface area contributed by atoms with Gasteiger partial charge in [0.2, 0.25) is 5.95 Å². The van der Waals surface area contributed by atoms with E-state index in [1.807, 2.05) is 46.1 Å². The molecule has 0 aliphatic heterocycles. The maximum Gasteiger partial charge on any atom is 0.274 e. The predicted molar refractivity (Wildman–Crippen MR) is 104 cm³/mol. The molecule has 0 unspecified atom stereocenters. The zero-order chi connectivity index (χ0) is 18.9. The van der Waals surface area contributed by atoms with Crippen molar-refractivity contribution in [2.45, 2.75) is 26.4 Å². The Bertz CT molecular complexity index is 719. The number of nitrogens with one attached hydrogen (secondary N) is 2. The molecule has 1 amide bonds. The molecule has 0 fully saturated rings. The number of para-hydroxylation sites is 2. The topological polar surface area (TPSA) is 79.4 Å². The van der Waals surface area contributed by atoms with Gasteiger partial charge in [-0.15, -0.1) is 0 Å². The maximum absolute atomic E-state index is 12.5. The lowest BCUT2D eigenvalue weighted by atomic mass is 10.2. The lowest BCUT2D eigenvalue weighted by Gasteiger charge is -2.14. The van der Waals surface area contributed by atoms with Crippen molar-refractivity contribution in [3.8, 4) is 5.75 Å². The van der Waals surface area contributed by atoms with E-state index in [-0.39, 0.29) is 12.0 Å². The second kappa shape index (κ2) is 9.72. The van der Waals surface area contributed by atoms with E-state index in [4.69, 9.17) is 4.74 Å². The Morgan fingerprint density at radius 1 is 1.23 bits per heavy atom. The van der Waals surface area contributed by atoms with E-state index in [2.05, 4.69) is 25.5 Å². The molecule has 0 saturated heterocycles. The van der Waals surface area contributed by atoms with E-state index >= 15 is 0 Å². The van der Waals surface area contributed by atoms with E-state index in [0.29, 0.717) is 23.1 Å². The van der Waals surface area contributed by atoms with E-state index in [1.165, 1.54) is 0 Å². The van der Waals surface area contributed by atoms with E-state index in [9.17, 15) is 4.79 Å². The number of aromatic nitrogens is 2. The quantitative estimate of drug-likeness (QED) is 0.672. The van der Waals surface area contributed by atoms with Crippen LogP contribution in [0.5, 0.6) is 5.75 Å². The highest BCUT2D eigenvalue weighted by Gasteiger charge is 2.12. The highest BCUT2D eigenvalue weighted by molar-refractivity contribution is 6.03. The summed E-state index contributed by atoms with van der Waals surface area (Å²) in [5.74, 6) is 0.776. The Hall–Kier alpha value is -2.67. The van der Waals surface area contributed by atoms with Crippen LogP contribution in [0, 0.1) is 0 Å². The second-order valence-electron chi connectivity index (χ2n) is 6.47. The molecule has 1 heterocycles. The van der Waals surface area contributed by atoms with Crippen LogP contribution < -0.4 is 15.4 Å². The van der Waals surface area contributed by atoms with Gasteiger partial charge in [-0.1, -0.05) is 12.1 Å². The van der Waals surface area contributed by atoms with Gasteiger partial charge in [-0.3, -0.25) is 4.79 Å². The molecule has 0 saturated carbocycles. The molecule has 1 aromatic carbocycles. The Kier molecular flexibility index (Phi) is 7.35. The molecule has 2 aromatic rings. The van der Waals surface area contributed by atoms with Gasteiger partial charge >= 0.3 is 0 Å². The molecule has 0 bridgehead atoms. The highest BCUT2D eigenvalue weighted by Crippen LogP contribution is 2.25. The summed E-state index contributed by atoms with van der Waals surface area (Å²) in [6, 6.07) is 8.94. The van der Waals surface area contributed by atoms with Crippen molar-refractivity contribution in [1.82, 2.24) is 14.9 Å². The minimum Gasteiger partial charge on any atom is -0.489 e. The molecule has 1 aromatic heterocycles. The zero-order valence-electron chi connectivity index (χ0n) is 15.8.